The molecule has 0 aliphatic carbocycles. The lowest BCUT2D eigenvalue weighted by Gasteiger charge is -2.30. The van der Waals surface area contributed by atoms with Crippen LogP contribution < -0.4 is 10.6 Å². The predicted molar refractivity (Wildman–Crippen MR) is 156 cm³/mol. The molecule has 0 saturated carbocycles. The van der Waals surface area contributed by atoms with Gasteiger partial charge in [-0.15, -0.1) is 0 Å². The Morgan fingerprint density at radius 2 is 1.68 bits per heavy atom. The van der Waals surface area contributed by atoms with Gasteiger partial charge in [-0.25, -0.2) is 0 Å². The van der Waals surface area contributed by atoms with Crippen LogP contribution in [0.2, 0.25) is 15.1 Å². The van der Waals surface area contributed by atoms with Gasteiger partial charge in [0.15, 0.2) is 0 Å². The second-order valence-corrected chi connectivity index (χ2v) is 11.4. The van der Waals surface area contributed by atoms with Gasteiger partial charge >= 0.3 is 0 Å². The monoisotopic (exact) mass is 576 g/mol. The third-order valence-electron chi connectivity index (χ3n) is 7.09. The third kappa shape index (κ3) is 8.99. The maximum atomic E-state index is 13.6. The lowest BCUT2D eigenvalue weighted by Crippen LogP contribution is -2.50. The molecule has 4 rings (SSSR count). The number of hydrogen-bond donors (Lipinski definition) is 2. The minimum Gasteiger partial charge on any atom is -0.351 e. The standard InChI is InChI=1S/C29H35Cl3N4O2/c30-23-7-4-21(5-8-23)6-9-28(37)33-19-26-10-15-36(20-22-16-24(31)18-25(32)17-22)29(38)27(34-26)11-14-35-12-2-1-3-13-35/h4-9,16-18,26-27,34H,1-3,10-15,19-20H2,(H,33,37)/t26-,27-/m0/s1. The number of likely N-dealkylation sites (tertiary alicyclic amines) is 1. The fraction of sp³-hybridized carbons (Fsp3) is 0.448. The first-order valence-corrected chi connectivity index (χ1v) is 14.4. The van der Waals surface area contributed by atoms with Gasteiger partial charge in [0.25, 0.3) is 0 Å². The number of amides is 2. The summed E-state index contributed by atoms with van der Waals surface area (Å²) in [7, 11) is 0. The Morgan fingerprint density at radius 3 is 2.39 bits per heavy atom. The molecular formula is C29H35Cl3N4O2. The molecule has 2 N–H and O–H groups in total. The second kappa shape index (κ2) is 14.3. The second-order valence-electron chi connectivity index (χ2n) is 10.1. The summed E-state index contributed by atoms with van der Waals surface area (Å²) in [5.74, 6) is -0.0952. The summed E-state index contributed by atoms with van der Waals surface area (Å²) in [6.45, 7) is 4.52. The molecule has 38 heavy (non-hydrogen) atoms. The third-order valence-corrected chi connectivity index (χ3v) is 7.78. The van der Waals surface area contributed by atoms with Crippen molar-refractivity contribution in [3.63, 3.8) is 0 Å². The number of hydrogen-bond acceptors (Lipinski definition) is 4. The molecule has 9 heteroatoms. The number of carbonyl (C=O) groups excluding carboxylic acids is 2. The quantitative estimate of drug-likeness (QED) is 0.391. The van der Waals surface area contributed by atoms with E-state index in [0.29, 0.717) is 34.7 Å². The van der Waals surface area contributed by atoms with Gasteiger partial charge in [0, 0.05) is 53.4 Å². The van der Waals surface area contributed by atoms with E-state index < -0.39 is 0 Å². The highest BCUT2D eigenvalue weighted by Gasteiger charge is 2.31. The van der Waals surface area contributed by atoms with Crippen molar-refractivity contribution in [3.8, 4) is 0 Å². The summed E-state index contributed by atoms with van der Waals surface area (Å²) in [6.07, 6.45) is 8.44. The van der Waals surface area contributed by atoms with Crippen molar-refractivity contribution in [2.75, 3.05) is 32.7 Å². The van der Waals surface area contributed by atoms with Crippen LogP contribution in [0.15, 0.2) is 48.5 Å². The Balaban J connectivity index is 1.39. The molecule has 0 aromatic heterocycles. The van der Waals surface area contributed by atoms with E-state index in [4.69, 9.17) is 34.8 Å². The van der Waals surface area contributed by atoms with Crippen molar-refractivity contribution in [1.29, 1.82) is 0 Å². The maximum Gasteiger partial charge on any atom is 0.244 e. The van der Waals surface area contributed by atoms with Crippen LogP contribution in [0.4, 0.5) is 0 Å². The molecular weight excluding hydrogens is 543 g/mol. The fourth-order valence-electron chi connectivity index (χ4n) is 5.05. The van der Waals surface area contributed by atoms with Crippen LogP contribution in [-0.4, -0.2) is 66.4 Å². The highest BCUT2D eigenvalue weighted by atomic mass is 35.5. The summed E-state index contributed by atoms with van der Waals surface area (Å²) in [5.41, 5.74) is 1.81. The van der Waals surface area contributed by atoms with Crippen LogP contribution in [0.3, 0.4) is 0 Å². The minimum atomic E-state index is -0.319. The number of benzene rings is 2. The molecule has 0 unspecified atom stereocenters. The van der Waals surface area contributed by atoms with E-state index >= 15 is 0 Å². The highest BCUT2D eigenvalue weighted by molar-refractivity contribution is 6.34. The molecule has 0 spiro atoms. The smallest absolute Gasteiger partial charge is 0.244 e. The lowest BCUT2D eigenvalue weighted by molar-refractivity contribution is -0.133. The molecule has 2 aromatic carbocycles. The summed E-state index contributed by atoms with van der Waals surface area (Å²) < 4.78 is 0. The molecule has 0 bridgehead atoms. The molecule has 204 valence electrons. The van der Waals surface area contributed by atoms with Crippen molar-refractivity contribution in [2.24, 2.45) is 0 Å². The molecule has 2 atom stereocenters. The number of nitrogens with one attached hydrogen (secondary N) is 2. The van der Waals surface area contributed by atoms with Crippen LogP contribution in [0.25, 0.3) is 6.08 Å². The van der Waals surface area contributed by atoms with Gasteiger partial charge in [-0.2, -0.15) is 0 Å². The average Bonchev–Trinajstić information content (AvgIpc) is 3.04. The Morgan fingerprint density at radius 1 is 0.974 bits per heavy atom. The van der Waals surface area contributed by atoms with Crippen LogP contribution in [0.5, 0.6) is 0 Å². The Kier molecular flexibility index (Phi) is 10.9. The number of piperidine rings is 1. The Hall–Kier alpha value is -2.09. The van der Waals surface area contributed by atoms with E-state index in [-0.39, 0.29) is 23.9 Å². The van der Waals surface area contributed by atoms with Gasteiger partial charge in [0.2, 0.25) is 11.8 Å². The average molecular weight is 578 g/mol. The largest absolute Gasteiger partial charge is 0.351 e. The van der Waals surface area contributed by atoms with Crippen molar-refractivity contribution >= 4 is 52.7 Å². The maximum absolute atomic E-state index is 13.6. The molecule has 2 aliphatic rings. The fourth-order valence-corrected chi connectivity index (χ4v) is 5.75. The van der Waals surface area contributed by atoms with Crippen LogP contribution in [0.1, 0.15) is 43.2 Å². The topological polar surface area (TPSA) is 64.7 Å². The summed E-state index contributed by atoms with van der Waals surface area (Å²) in [6, 6.07) is 12.4. The molecule has 2 saturated heterocycles. The van der Waals surface area contributed by atoms with Crippen molar-refractivity contribution in [3.05, 3.63) is 74.7 Å². The summed E-state index contributed by atoms with van der Waals surface area (Å²) >= 11 is 18.3. The zero-order valence-corrected chi connectivity index (χ0v) is 23.7. The normalized spacial score (nSPS) is 21.0. The first-order valence-electron chi connectivity index (χ1n) is 13.3. The van der Waals surface area contributed by atoms with E-state index in [1.165, 1.54) is 25.3 Å². The van der Waals surface area contributed by atoms with Crippen LogP contribution >= 0.6 is 34.8 Å². The van der Waals surface area contributed by atoms with Gasteiger partial charge in [-0.1, -0.05) is 53.4 Å². The number of nitrogens with zero attached hydrogens (tertiary/aromatic N) is 2. The first-order chi connectivity index (χ1) is 18.4. The van der Waals surface area contributed by atoms with E-state index in [9.17, 15) is 9.59 Å². The van der Waals surface area contributed by atoms with Crippen LogP contribution in [0, 0.1) is 0 Å². The summed E-state index contributed by atoms with van der Waals surface area (Å²) in [4.78, 5) is 30.5. The van der Waals surface area contributed by atoms with Gasteiger partial charge < -0.3 is 20.4 Å². The van der Waals surface area contributed by atoms with Crippen molar-refractivity contribution in [2.45, 2.75) is 50.7 Å². The first kappa shape index (κ1) is 28.9. The minimum absolute atomic E-state index is 0.0221. The predicted octanol–water partition coefficient (Wildman–Crippen LogP) is 5.41. The Labute approximate surface area is 240 Å². The molecule has 2 heterocycles. The van der Waals surface area contributed by atoms with E-state index in [1.54, 1.807) is 24.3 Å². The summed E-state index contributed by atoms with van der Waals surface area (Å²) in [5, 5.41) is 8.32. The van der Waals surface area contributed by atoms with Gasteiger partial charge in [0.1, 0.15) is 0 Å². The molecule has 2 amide bonds. The zero-order valence-electron chi connectivity index (χ0n) is 21.5. The van der Waals surface area contributed by atoms with Crippen molar-refractivity contribution < 1.29 is 9.59 Å². The number of halogens is 3. The van der Waals surface area contributed by atoms with Gasteiger partial charge in [-0.3, -0.25) is 9.59 Å². The molecule has 6 nitrogen and oxygen atoms in total. The molecule has 0 radical (unpaired) electrons. The molecule has 2 fully saturated rings. The van der Waals surface area contributed by atoms with E-state index in [1.807, 2.05) is 29.2 Å². The van der Waals surface area contributed by atoms with Gasteiger partial charge in [-0.05, 0) is 86.3 Å². The van der Waals surface area contributed by atoms with Crippen molar-refractivity contribution in [1.82, 2.24) is 20.4 Å². The lowest BCUT2D eigenvalue weighted by atomic mass is 10.1. The van der Waals surface area contributed by atoms with E-state index in [0.717, 1.165) is 43.6 Å². The molecule has 2 aliphatic heterocycles. The van der Waals surface area contributed by atoms with Crippen LogP contribution in [-0.2, 0) is 16.1 Å². The number of carbonyl (C=O) groups is 2. The number of rotatable bonds is 9. The molecule has 2 aromatic rings. The van der Waals surface area contributed by atoms with E-state index in [2.05, 4.69) is 15.5 Å². The highest BCUT2D eigenvalue weighted by Crippen LogP contribution is 2.22. The zero-order chi connectivity index (χ0) is 26.9. The SMILES string of the molecule is O=C(C=Cc1ccc(Cl)cc1)NC[C@@H]1CCN(Cc2cc(Cl)cc(Cl)c2)C(=O)[C@H](CCN2CCCCC2)N1. The van der Waals surface area contributed by atoms with Gasteiger partial charge in [0.05, 0.1) is 6.04 Å². The Bertz CT molecular complexity index is 1100.